The van der Waals surface area contributed by atoms with Crippen molar-refractivity contribution in [2.24, 2.45) is 23.5 Å². The topological polar surface area (TPSA) is 26.0 Å². The molecule has 0 saturated heterocycles. The van der Waals surface area contributed by atoms with Gasteiger partial charge in [-0.3, -0.25) is 0 Å². The van der Waals surface area contributed by atoms with Crippen molar-refractivity contribution in [3.05, 3.63) is 0 Å². The molecule has 0 radical (unpaired) electrons. The summed E-state index contributed by atoms with van der Waals surface area (Å²) in [5.41, 5.74) is 5.76. The van der Waals surface area contributed by atoms with E-state index in [2.05, 4.69) is 0 Å². The maximum atomic E-state index is 5.76. The molecule has 0 aliphatic heterocycles. The van der Waals surface area contributed by atoms with Crippen LogP contribution in [0.15, 0.2) is 0 Å². The Bertz CT molecular complexity index is 155. The Kier molecular flexibility index (Phi) is 3.26. The van der Waals surface area contributed by atoms with Crippen molar-refractivity contribution in [2.75, 3.05) is 6.54 Å². The van der Waals surface area contributed by atoms with Gasteiger partial charge >= 0.3 is 0 Å². The van der Waals surface area contributed by atoms with Crippen LogP contribution in [0.3, 0.4) is 0 Å². The summed E-state index contributed by atoms with van der Waals surface area (Å²) in [4.78, 5) is 0. The zero-order valence-electron chi connectivity index (χ0n) is 8.67. The summed E-state index contributed by atoms with van der Waals surface area (Å²) in [6.07, 6.45) is 11.8. The summed E-state index contributed by atoms with van der Waals surface area (Å²) in [6.45, 7) is 0.934. The van der Waals surface area contributed by atoms with Crippen molar-refractivity contribution in [3.8, 4) is 0 Å². The maximum absolute atomic E-state index is 5.76. The van der Waals surface area contributed by atoms with Gasteiger partial charge in [-0.1, -0.05) is 32.1 Å². The number of fused-ring (bicyclic) bond motifs is 1. The molecule has 1 heteroatoms. The van der Waals surface area contributed by atoms with E-state index in [1.165, 1.54) is 51.4 Å². The van der Waals surface area contributed by atoms with Crippen molar-refractivity contribution in [1.29, 1.82) is 0 Å². The lowest BCUT2D eigenvalue weighted by molar-refractivity contribution is 0.173. The van der Waals surface area contributed by atoms with Crippen molar-refractivity contribution in [1.82, 2.24) is 0 Å². The molecule has 3 atom stereocenters. The van der Waals surface area contributed by atoms with Gasteiger partial charge in [0, 0.05) is 0 Å². The number of rotatable bonds is 1. The molecule has 13 heavy (non-hydrogen) atoms. The van der Waals surface area contributed by atoms with Crippen LogP contribution < -0.4 is 5.73 Å². The largest absolute Gasteiger partial charge is 0.330 e. The first-order chi connectivity index (χ1) is 6.40. The molecule has 2 fully saturated rings. The summed E-state index contributed by atoms with van der Waals surface area (Å²) in [6, 6.07) is 0. The molecule has 0 heterocycles. The Morgan fingerprint density at radius 3 is 2.38 bits per heavy atom. The molecule has 0 amide bonds. The fourth-order valence-corrected chi connectivity index (χ4v) is 3.36. The van der Waals surface area contributed by atoms with Gasteiger partial charge in [-0.25, -0.2) is 0 Å². The third-order valence-electron chi connectivity index (χ3n) is 4.23. The fraction of sp³-hybridized carbons (Fsp3) is 1.00. The number of hydrogen-bond acceptors (Lipinski definition) is 1. The van der Waals surface area contributed by atoms with Crippen LogP contribution in [0.2, 0.25) is 0 Å². The lowest BCUT2D eigenvalue weighted by atomic mass is 9.72. The molecular weight excluding hydrogens is 158 g/mol. The highest BCUT2D eigenvalue weighted by Crippen LogP contribution is 2.41. The second-order valence-corrected chi connectivity index (χ2v) is 5.07. The maximum Gasteiger partial charge on any atom is -0.00488 e. The molecule has 0 bridgehead atoms. The third-order valence-corrected chi connectivity index (χ3v) is 4.23. The van der Waals surface area contributed by atoms with Crippen LogP contribution >= 0.6 is 0 Å². The fourth-order valence-electron chi connectivity index (χ4n) is 3.36. The van der Waals surface area contributed by atoms with Crippen LogP contribution in [-0.4, -0.2) is 6.54 Å². The monoisotopic (exact) mass is 181 g/mol. The number of hydrogen-bond donors (Lipinski definition) is 1. The van der Waals surface area contributed by atoms with Gasteiger partial charge in [0.05, 0.1) is 0 Å². The van der Waals surface area contributed by atoms with Crippen LogP contribution in [0.1, 0.15) is 51.4 Å². The van der Waals surface area contributed by atoms with E-state index in [0.29, 0.717) is 0 Å². The average molecular weight is 181 g/mol. The predicted octanol–water partition coefficient (Wildman–Crippen LogP) is 2.94. The van der Waals surface area contributed by atoms with E-state index in [4.69, 9.17) is 5.73 Å². The Balaban J connectivity index is 1.91. The molecule has 2 N–H and O–H groups in total. The highest BCUT2D eigenvalue weighted by molar-refractivity contribution is 4.82. The first kappa shape index (κ1) is 9.51. The van der Waals surface area contributed by atoms with E-state index in [1.54, 1.807) is 0 Å². The first-order valence-electron chi connectivity index (χ1n) is 6.10. The molecule has 0 aromatic heterocycles. The number of nitrogens with two attached hydrogens (primary N) is 1. The lowest BCUT2D eigenvalue weighted by Gasteiger charge is -2.34. The normalized spacial score (nSPS) is 40.8. The molecule has 0 aromatic carbocycles. The van der Waals surface area contributed by atoms with Gasteiger partial charge < -0.3 is 5.73 Å². The van der Waals surface area contributed by atoms with Crippen LogP contribution in [0, 0.1) is 17.8 Å². The smallest absolute Gasteiger partial charge is 0.00488 e. The molecule has 76 valence electrons. The van der Waals surface area contributed by atoms with Gasteiger partial charge in [-0.15, -0.1) is 0 Å². The summed E-state index contributed by atoms with van der Waals surface area (Å²) in [5.74, 6) is 2.98. The van der Waals surface area contributed by atoms with Crippen molar-refractivity contribution < 1.29 is 0 Å². The average Bonchev–Trinajstić information content (AvgIpc) is 2.41. The molecule has 1 nitrogen and oxygen atoms in total. The van der Waals surface area contributed by atoms with E-state index in [0.717, 1.165) is 24.3 Å². The third kappa shape index (κ3) is 2.25. The van der Waals surface area contributed by atoms with Crippen molar-refractivity contribution in [2.45, 2.75) is 51.4 Å². The summed E-state index contributed by atoms with van der Waals surface area (Å²) in [5, 5.41) is 0. The summed E-state index contributed by atoms with van der Waals surface area (Å²) >= 11 is 0. The van der Waals surface area contributed by atoms with Crippen LogP contribution in [0.4, 0.5) is 0 Å². The SMILES string of the molecule is NCC1CCC2CCCCCC2C1. The Morgan fingerprint density at radius 2 is 1.62 bits per heavy atom. The second kappa shape index (κ2) is 4.45. The summed E-state index contributed by atoms with van der Waals surface area (Å²) in [7, 11) is 0. The standard InChI is InChI=1S/C12H23N/c13-9-10-6-7-11-4-2-1-3-5-12(11)8-10/h10-12H,1-9,13H2. The quantitative estimate of drug-likeness (QED) is 0.661. The Hall–Kier alpha value is -0.0400. The zero-order valence-corrected chi connectivity index (χ0v) is 8.67. The minimum atomic E-state index is 0.861. The van der Waals surface area contributed by atoms with Gasteiger partial charge in [0.25, 0.3) is 0 Å². The van der Waals surface area contributed by atoms with Crippen LogP contribution in [-0.2, 0) is 0 Å². The lowest BCUT2D eigenvalue weighted by Crippen LogP contribution is -2.28. The van der Waals surface area contributed by atoms with Gasteiger partial charge in [0.2, 0.25) is 0 Å². The van der Waals surface area contributed by atoms with Crippen LogP contribution in [0.5, 0.6) is 0 Å². The van der Waals surface area contributed by atoms with E-state index >= 15 is 0 Å². The highest BCUT2D eigenvalue weighted by Gasteiger charge is 2.30. The molecule has 2 saturated carbocycles. The van der Waals surface area contributed by atoms with Gasteiger partial charge in [-0.05, 0) is 43.6 Å². The second-order valence-electron chi connectivity index (χ2n) is 5.07. The van der Waals surface area contributed by atoms with E-state index in [-0.39, 0.29) is 0 Å². The van der Waals surface area contributed by atoms with Gasteiger partial charge in [0.15, 0.2) is 0 Å². The molecular formula is C12H23N. The van der Waals surface area contributed by atoms with Crippen molar-refractivity contribution in [3.63, 3.8) is 0 Å². The highest BCUT2D eigenvalue weighted by atomic mass is 14.6. The Labute approximate surface area is 82.1 Å². The molecule has 0 aromatic rings. The molecule has 2 aliphatic rings. The van der Waals surface area contributed by atoms with Crippen LogP contribution in [0.25, 0.3) is 0 Å². The Morgan fingerprint density at radius 1 is 0.846 bits per heavy atom. The van der Waals surface area contributed by atoms with Gasteiger partial charge in [-0.2, -0.15) is 0 Å². The molecule has 2 rings (SSSR count). The van der Waals surface area contributed by atoms with Crippen molar-refractivity contribution >= 4 is 0 Å². The summed E-state index contributed by atoms with van der Waals surface area (Å²) < 4.78 is 0. The molecule has 3 unspecified atom stereocenters. The van der Waals surface area contributed by atoms with Gasteiger partial charge in [0.1, 0.15) is 0 Å². The first-order valence-corrected chi connectivity index (χ1v) is 6.10. The predicted molar refractivity (Wildman–Crippen MR) is 56.5 cm³/mol. The zero-order chi connectivity index (χ0) is 9.10. The van der Waals surface area contributed by atoms with E-state index < -0.39 is 0 Å². The molecule has 2 aliphatic carbocycles. The minimum absolute atomic E-state index is 0.861. The minimum Gasteiger partial charge on any atom is -0.330 e. The van der Waals surface area contributed by atoms with E-state index in [9.17, 15) is 0 Å². The molecule has 0 spiro atoms. The van der Waals surface area contributed by atoms with E-state index in [1.807, 2.05) is 0 Å².